The molecule has 0 unspecified atom stereocenters. The molecule has 0 saturated carbocycles. The lowest BCUT2D eigenvalue weighted by Gasteiger charge is -2.09. The minimum absolute atomic E-state index is 0.305. The van der Waals surface area contributed by atoms with Crippen LogP contribution < -0.4 is 10.2 Å². The number of methoxy groups -OCH3 is 1. The number of benzene rings is 3. The van der Waals surface area contributed by atoms with Gasteiger partial charge in [0.15, 0.2) is 0 Å². The minimum Gasteiger partial charge on any atom is -0.496 e. The summed E-state index contributed by atoms with van der Waals surface area (Å²) in [5.74, 6) is 0.220. The lowest BCUT2D eigenvalue weighted by Crippen LogP contribution is -2.18. The van der Waals surface area contributed by atoms with Gasteiger partial charge in [0.05, 0.1) is 18.9 Å². The number of carbonyl (C=O) groups is 1. The van der Waals surface area contributed by atoms with Gasteiger partial charge in [-0.3, -0.25) is 4.79 Å². The Morgan fingerprint density at radius 1 is 1.04 bits per heavy atom. The summed E-state index contributed by atoms with van der Waals surface area (Å²) >= 11 is 0. The van der Waals surface area contributed by atoms with Crippen LogP contribution in [-0.2, 0) is 0 Å². The molecular formula is C20H18N2O2. The van der Waals surface area contributed by atoms with Gasteiger partial charge in [0, 0.05) is 0 Å². The second kappa shape index (κ2) is 6.96. The number of ether oxygens (including phenoxy) is 1. The highest BCUT2D eigenvalue weighted by molar-refractivity contribution is 6.01. The lowest BCUT2D eigenvalue weighted by atomic mass is 10.1. The highest BCUT2D eigenvalue weighted by atomic mass is 16.5. The molecule has 3 aromatic rings. The molecule has 0 heterocycles. The Morgan fingerprint density at radius 2 is 1.71 bits per heavy atom. The number of nitrogens with zero attached hydrogens (tertiary/aromatic N) is 1. The van der Waals surface area contributed by atoms with E-state index in [1.807, 2.05) is 67.6 Å². The number of hydrogen-bond donors (Lipinski definition) is 1. The van der Waals surface area contributed by atoms with E-state index in [1.54, 1.807) is 13.3 Å². The average molecular weight is 318 g/mol. The van der Waals surface area contributed by atoms with E-state index in [1.165, 1.54) is 5.56 Å². The van der Waals surface area contributed by atoms with Gasteiger partial charge in [-0.2, -0.15) is 5.10 Å². The van der Waals surface area contributed by atoms with Crippen LogP contribution in [0.15, 0.2) is 65.8 Å². The fourth-order valence-electron chi connectivity index (χ4n) is 2.44. The number of amides is 1. The predicted octanol–water partition coefficient (Wildman–Crippen LogP) is 3.92. The summed E-state index contributed by atoms with van der Waals surface area (Å²) in [5.41, 5.74) is 5.11. The van der Waals surface area contributed by atoms with E-state index < -0.39 is 0 Å². The number of rotatable bonds is 4. The van der Waals surface area contributed by atoms with E-state index >= 15 is 0 Å². The van der Waals surface area contributed by atoms with E-state index in [-0.39, 0.29) is 5.91 Å². The summed E-state index contributed by atoms with van der Waals surface area (Å²) in [4.78, 5) is 12.4. The molecule has 0 saturated heterocycles. The Bertz CT molecular complexity index is 899. The molecule has 0 aliphatic carbocycles. The highest BCUT2D eigenvalue weighted by Gasteiger charge is 2.13. The van der Waals surface area contributed by atoms with Crippen LogP contribution in [0, 0.1) is 6.92 Å². The van der Waals surface area contributed by atoms with Gasteiger partial charge in [0.1, 0.15) is 5.75 Å². The zero-order valence-corrected chi connectivity index (χ0v) is 13.6. The number of aryl methyl sites for hydroxylation is 1. The van der Waals surface area contributed by atoms with Crippen molar-refractivity contribution < 1.29 is 9.53 Å². The monoisotopic (exact) mass is 318 g/mol. The maximum Gasteiger partial charge on any atom is 0.275 e. The summed E-state index contributed by atoms with van der Waals surface area (Å²) in [6.07, 6.45) is 1.62. The molecule has 120 valence electrons. The summed E-state index contributed by atoms with van der Waals surface area (Å²) in [6, 6.07) is 19.4. The Labute approximate surface area is 140 Å². The van der Waals surface area contributed by atoms with Crippen LogP contribution in [0.25, 0.3) is 10.8 Å². The first-order valence-corrected chi connectivity index (χ1v) is 7.64. The van der Waals surface area contributed by atoms with Crippen LogP contribution in [0.2, 0.25) is 0 Å². The molecule has 0 spiro atoms. The van der Waals surface area contributed by atoms with Gasteiger partial charge in [-0.25, -0.2) is 5.43 Å². The molecule has 4 heteroatoms. The van der Waals surface area contributed by atoms with Crippen LogP contribution in [-0.4, -0.2) is 19.2 Å². The lowest BCUT2D eigenvalue weighted by molar-refractivity contribution is 0.0952. The molecule has 0 aromatic heterocycles. The van der Waals surface area contributed by atoms with Crippen molar-refractivity contribution in [3.05, 3.63) is 77.4 Å². The third-order valence-corrected chi connectivity index (χ3v) is 3.77. The van der Waals surface area contributed by atoms with Crippen molar-refractivity contribution in [3.63, 3.8) is 0 Å². The molecule has 3 rings (SSSR count). The Kier molecular flexibility index (Phi) is 4.57. The summed E-state index contributed by atoms with van der Waals surface area (Å²) in [5, 5.41) is 6.02. The van der Waals surface area contributed by atoms with Crippen molar-refractivity contribution in [2.75, 3.05) is 7.11 Å². The first-order valence-electron chi connectivity index (χ1n) is 7.64. The van der Waals surface area contributed by atoms with Crippen molar-refractivity contribution in [3.8, 4) is 5.75 Å². The van der Waals surface area contributed by atoms with Gasteiger partial charge in [-0.15, -0.1) is 0 Å². The summed E-state index contributed by atoms with van der Waals surface area (Å²) < 4.78 is 5.34. The van der Waals surface area contributed by atoms with Crippen molar-refractivity contribution in [1.82, 2.24) is 5.43 Å². The minimum atomic E-state index is -0.305. The number of fused-ring (bicyclic) bond motifs is 1. The number of hydrogen-bond acceptors (Lipinski definition) is 3. The maximum atomic E-state index is 12.4. The molecule has 1 N–H and O–H groups in total. The summed E-state index contributed by atoms with van der Waals surface area (Å²) in [7, 11) is 1.55. The first kappa shape index (κ1) is 15.7. The molecule has 1 amide bonds. The zero-order valence-electron chi connectivity index (χ0n) is 13.6. The standard InChI is InChI=1S/C20H18N2O2/c1-14-7-9-15(10-8-14)13-21-22-20(23)18-11-16-5-3-4-6-17(16)12-19(18)24-2/h3-13H,1-2H3,(H,22,23)/b21-13+. The maximum absolute atomic E-state index is 12.4. The molecule has 4 nitrogen and oxygen atoms in total. The van der Waals surface area contributed by atoms with Crippen molar-refractivity contribution >= 4 is 22.9 Å². The van der Waals surface area contributed by atoms with Gasteiger partial charge in [-0.1, -0.05) is 54.1 Å². The normalized spacial score (nSPS) is 10.9. The van der Waals surface area contributed by atoms with Gasteiger partial charge in [0.2, 0.25) is 0 Å². The van der Waals surface area contributed by atoms with Crippen LogP contribution in [0.4, 0.5) is 0 Å². The molecule has 24 heavy (non-hydrogen) atoms. The molecule has 0 aliphatic rings. The van der Waals surface area contributed by atoms with E-state index in [0.29, 0.717) is 11.3 Å². The number of nitrogens with one attached hydrogen (secondary N) is 1. The summed E-state index contributed by atoms with van der Waals surface area (Å²) in [6.45, 7) is 2.02. The first-order chi connectivity index (χ1) is 11.7. The van der Waals surface area contributed by atoms with Crippen molar-refractivity contribution in [2.24, 2.45) is 5.10 Å². The van der Waals surface area contributed by atoms with Crippen molar-refractivity contribution in [1.29, 1.82) is 0 Å². The fourth-order valence-corrected chi connectivity index (χ4v) is 2.44. The third kappa shape index (κ3) is 3.43. The topological polar surface area (TPSA) is 50.7 Å². The molecule has 0 bridgehead atoms. The van der Waals surface area contributed by atoms with E-state index in [0.717, 1.165) is 16.3 Å². The van der Waals surface area contributed by atoms with Crippen LogP contribution in [0.5, 0.6) is 5.75 Å². The molecule has 0 atom stereocenters. The third-order valence-electron chi connectivity index (χ3n) is 3.77. The van der Waals surface area contributed by atoms with Crippen LogP contribution >= 0.6 is 0 Å². The molecule has 3 aromatic carbocycles. The van der Waals surface area contributed by atoms with E-state index in [9.17, 15) is 4.79 Å². The van der Waals surface area contributed by atoms with E-state index in [4.69, 9.17) is 4.74 Å². The molecular weight excluding hydrogens is 300 g/mol. The van der Waals surface area contributed by atoms with Gasteiger partial charge < -0.3 is 4.74 Å². The molecule has 0 fully saturated rings. The van der Waals surface area contributed by atoms with Gasteiger partial charge in [-0.05, 0) is 35.4 Å². The molecule has 0 radical (unpaired) electrons. The smallest absolute Gasteiger partial charge is 0.275 e. The van der Waals surface area contributed by atoms with Crippen LogP contribution in [0.3, 0.4) is 0 Å². The van der Waals surface area contributed by atoms with Gasteiger partial charge in [0.25, 0.3) is 5.91 Å². The van der Waals surface area contributed by atoms with Crippen LogP contribution in [0.1, 0.15) is 21.5 Å². The average Bonchev–Trinajstić information content (AvgIpc) is 2.62. The Hall–Kier alpha value is -3.14. The number of carbonyl (C=O) groups excluding carboxylic acids is 1. The fraction of sp³-hybridized carbons (Fsp3) is 0.100. The van der Waals surface area contributed by atoms with Crippen molar-refractivity contribution in [2.45, 2.75) is 6.92 Å². The highest BCUT2D eigenvalue weighted by Crippen LogP contribution is 2.25. The number of hydrazone groups is 1. The predicted molar refractivity (Wildman–Crippen MR) is 96.7 cm³/mol. The van der Waals surface area contributed by atoms with Gasteiger partial charge >= 0.3 is 0 Å². The Morgan fingerprint density at radius 3 is 2.38 bits per heavy atom. The second-order valence-electron chi connectivity index (χ2n) is 5.51. The van der Waals surface area contributed by atoms with E-state index in [2.05, 4.69) is 10.5 Å². The SMILES string of the molecule is COc1cc2ccccc2cc1C(=O)N/N=C/c1ccc(C)cc1. The molecule has 0 aliphatic heterocycles. The quantitative estimate of drug-likeness (QED) is 0.585. The second-order valence-corrected chi connectivity index (χ2v) is 5.51. The zero-order chi connectivity index (χ0) is 16.9. The Balaban J connectivity index is 1.81. The largest absolute Gasteiger partial charge is 0.496 e.